The minimum absolute atomic E-state index is 0.317. The number of benzene rings is 2. The van der Waals surface area contributed by atoms with Crippen molar-refractivity contribution in [2.24, 2.45) is 0 Å². The summed E-state index contributed by atoms with van der Waals surface area (Å²) < 4.78 is 5.05. The molecule has 0 fully saturated rings. The number of carbonyl (C=O) groups is 3. The first-order valence-electron chi connectivity index (χ1n) is 8.45. The van der Waals surface area contributed by atoms with Gasteiger partial charge in [-0.15, -0.1) is 0 Å². The lowest BCUT2D eigenvalue weighted by molar-refractivity contribution is -0.117. The van der Waals surface area contributed by atoms with Gasteiger partial charge in [-0.2, -0.15) is 0 Å². The monoisotopic (exact) mass is 354 g/mol. The van der Waals surface area contributed by atoms with Gasteiger partial charge in [0.25, 0.3) is 5.91 Å². The van der Waals surface area contributed by atoms with Gasteiger partial charge in [0.1, 0.15) is 6.04 Å². The maximum absolute atomic E-state index is 12.2. The molecule has 2 N–H and O–H groups in total. The summed E-state index contributed by atoms with van der Waals surface area (Å²) in [5.41, 5.74) is 1.44. The van der Waals surface area contributed by atoms with Crippen LogP contribution in [0.3, 0.4) is 0 Å². The highest BCUT2D eigenvalue weighted by Gasteiger charge is 2.17. The summed E-state index contributed by atoms with van der Waals surface area (Å²) in [6.45, 7) is 3.90. The molecule has 2 amide bonds. The van der Waals surface area contributed by atoms with E-state index >= 15 is 0 Å². The number of hydrogen-bond donors (Lipinski definition) is 2. The molecule has 6 heteroatoms. The SMILES string of the molecule is CCCOC(=O)c1ccc(NC(=O)C(C)NC(=O)c2ccccc2)cc1. The Morgan fingerprint density at radius 2 is 1.62 bits per heavy atom. The van der Waals surface area contributed by atoms with E-state index in [1.807, 2.05) is 13.0 Å². The summed E-state index contributed by atoms with van der Waals surface area (Å²) in [7, 11) is 0. The fourth-order valence-electron chi connectivity index (χ4n) is 2.15. The quantitative estimate of drug-likeness (QED) is 0.749. The summed E-state index contributed by atoms with van der Waals surface area (Å²) in [6.07, 6.45) is 0.756. The molecule has 0 aliphatic rings. The molecule has 0 saturated heterocycles. The Labute approximate surface area is 152 Å². The van der Waals surface area contributed by atoms with Crippen molar-refractivity contribution in [1.82, 2.24) is 5.32 Å². The summed E-state index contributed by atoms with van der Waals surface area (Å²) in [5, 5.41) is 5.35. The van der Waals surface area contributed by atoms with Gasteiger partial charge in [-0.05, 0) is 49.7 Å². The van der Waals surface area contributed by atoms with Crippen LogP contribution in [0.25, 0.3) is 0 Å². The summed E-state index contributed by atoms with van der Waals surface area (Å²) >= 11 is 0. The molecule has 0 heterocycles. The first kappa shape index (κ1) is 19.2. The fourth-order valence-corrected chi connectivity index (χ4v) is 2.15. The van der Waals surface area contributed by atoms with Crippen molar-refractivity contribution in [2.45, 2.75) is 26.3 Å². The number of rotatable bonds is 7. The van der Waals surface area contributed by atoms with Crippen LogP contribution in [0.5, 0.6) is 0 Å². The standard InChI is InChI=1S/C20H22N2O4/c1-3-13-26-20(25)16-9-11-17(12-10-16)22-18(23)14(2)21-19(24)15-7-5-4-6-8-15/h4-12,14H,3,13H2,1-2H3,(H,21,24)(H,22,23). The summed E-state index contributed by atoms with van der Waals surface area (Å²) in [4.78, 5) is 36.0. The van der Waals surface area contributed by atoms with E-state index < -0.39 is 12.0 Å². The van der Waals surface area contributed by atoms with Crippen LogP contribution in [0, 0.1) is 0 Å². The van der Waals surface area contributed by atoms with Crippen molar-refractivity contribution in [3.05, 3.63) is 65.7 Å². The normalized spacial score (nSPS) is 11.3. The molecule has 0 bridgehead atoms. The van der Waals surface area contributed by atoms with E-state index in [9.17, 15) is 14.4 Å². The average molecular weight is 354 g/mol. The van der Waals surface area contributed by atoms with Gasteiger partial charge < -0.3 is 15.4 Å². The Hall–Kier alpha value is -3.15. The van der Waals surface area contributed by atoms with Crippen LogP contribution in [0.4, 0.5) is 5.69 Å². The number of nitrogens with one attached hydrogen (secondary N) is 2. The predicted molar refractivity (Wildman–Crippen MR) is 99.0 cm³/mol. The molecule has 0 saturated carbocycles. The highest BCUT2D eigenvalue weighted by molar-refractivity contribution is 6.01. The third-order valence-electron chi connectivity index (χ3n) is 3.60. The molecule has 0 aliphatic carbocycles. The molecule has 0 aromatic heterocycles. The Morgan fingerprint density at radius 3 is 2.23 bits per heavy atom. The Kier molecular flexibility index (Phi) is 6.91. The molecule has 2 rings (SSSR count). The number of anilines is 1. The predicted octanol–water partition coefficient (Wildman–Crippen LogP) is 3.01. The van der Waals surface area contributed by atoms with Crippen molar-refractivity contribution < 1.29 is 19.1 Å². The number of carbonyl (C=O) groups excluding carboxylic acids is 3. The Balaban J connectivity index is 1.90. The van der Waals surface area contributed by atoms with Gasteiger partial charge >= 0.3 is 5.97 Å². The van der Waals surface area contributed by atoms with Crippen LogP contribution in [-0.2, 0) is 9.53 Å². The number of hydrogen-bond acceptors (Lipinski definition) is 4. The van der Waals surface area contributed by atoms with Crippen LogP contribution in [0.1, 0.15) is 41.0 Å². The van der Waals surface area contributed by atoms with Gasteiger partial charge in [0.15, 0.2) is 0 Å². The van der Waals surface area contributed by atoms with Crippen molar-refractivity contribution in [1.29, 1.82) is 0 Å². The molecular weight excluding hydrogens is 332 g/mol. The largest absolute Gasteiger partial charge is 0.462 e. The molecule has 26 heavy (non-hydrogen) atoms. The van der Waals surface area contributed by atoms with Gasteiger partial charge in [-0.25, -0.2) is 4.79 Å². The third kappa shape index (κ3) is 5.44. The molecule has 2 aromatic rings. The molecule has 0 spiro atoms. The van der Waals surface area contributed by atoms with E-state index in [0.717, 1.165) is 6.42 Å². The zero-order chi connectivity index (χ0) is 18.9. The lowest BCUT2D eigenvalue weighted by Crippen LogP contribution is -2.41. The first-order valence-corrected chi connectivity index (χ1v) is 8.45. The van der Waals surface area contributed by atoms with Gasteiger partial charge in [-0.3, -0.25) is 9.59 Å². The average Bonchev–Trinajstić information content (AvgIpc) is 2.67. The van der Waals surface area contributed by atoms with Crippen LogP contribution in [0.15, 0.2) is 54.6 Å². The summed E-state index contributed by atoms with van der Waals surface area (Å²) in [5.74, 6) is -1.06. The lowest BCUT2D eigenvalue weighted by Gasteiger charge is -2.14. The van der Waals surface area contributed by atoms with Crippen molar-refractivity contribution >= 4 is 23.5 Å². The zero-order valence-corrected chi connectivity index (χ0v) is 14.8. The van der Waals surface area contributed by atoms with E-state index in [2.05, 4.69) is 10.6 Å². The minimum Gasteiger partial charge on any atom is -0.462 e. The molecule has 1 unspecified atom stereocenters. The van der Waals surface area contributed by atoms with Gasteiger partial charge in [0, 0.05) is 11.3 Å². The zero-order valence-electron chi connectivity index (χ0n) is 14.8. The Bertz CT molecular complexity index is 757. The molecule has 0 aliphatic heterocycles. The second-order valence-electron chi connectivity index (χ2n) is 5.76. The highest BCUT2D eigenvalue weighted by Crippen LogP contribution is 2.11. The van der Waals surface area contributed by atoms with Gasteiger partial charge in [-0.1, -0.05) is 25.1 Å². The second-order valence-corrected chi connectivity index (χ2v) is 5.76. The van der Waals surface area contributed by atoms with Crippen molar-refractivity contribution in [3.63, 3.8) is 0 Å². The number of ether oxygens (including phenoxy) is 1. The fraction of sp³-hybridized carbons (Fsp3) is 0.250. The highest BCUT2D eigenvalue weighted by atomic mass is 16.5. The van der Waals surface area contributed by atoms with E-state index in [4.69, 9.17) is 4.74 Å². The Morgan fingerprint density at radius 1 is 0.962 bits per heavy atom. The smallest absolute Gasteiger partial charge is 0.338 e. The van der Waals surface area contributed by atoms with Crippen LogP contribution < -0.4 is 10.6 Å². The maximum atomic E-state index is 12.2. The van der Waals surface area contributed by atoms with Crippen LogP contribution in [0.2, 0.25) is 0 Å². The molecule has 0 radical (unpaired) electrons. The van der Waals surface area contributed by atoms with E-state index in [0.29, 0.717) is 23.4 Å². The van der Waals surface area contributed by atoms with Crippen molar-refractivity contribution in [3.8, 4) is 0 Å². The molecule has 2 aromatic carbocycles. The first-order chi connectivity index (χ1) is 12.5. The minimum atomic E-state index is -0.711. The maximum Gasteiger partial charge on any atom is 0.338 e. The molecule has 1 atom stereocenters. The van der Waals surface area contributed by atoms with Crippen LogP contribution >= 0.6 is 0 Å². The van der Waals surface area contributed by atoms with Gasteiger partial charge in [0.2, 0.25) is 5.91 Å². The second kappa shape index (κ2) is 9.36. The van der Waals surface area contributed by atoms with E-state index in [1.54, 1.807) is 55.5 Å². The van der Waals surface area contributed by atoms with Crippen LogP contribution in [-0.4, -0.2) is 30.4 Å². The van der Waals surface area contributed by atoms with Gasteiger partial charge in [0.05, 0.1) is 12.2 Å². The summed E-state index contributed by atoms with van der Waals surface area (Å²) in [6, 6.07) is 14.4. The lowest BCUT2D eigenvalue weighted by atomic mass is 10.2. The van der Waals surface area contributed by atoms with E-state index in [1.165, 1.54) is 0 Å². The molecule has 136 valence electrons. The molecule has 6 nitrogen and oxygen atoms in total. The number of amides is 2. The number of esters is 1. The topological polar surface area (TPSA) is 84.5 Å². The third-order valence-corrected chi connectivity index (χ3v) is 3.60. The molecular formula is C20H22N2O4. The van der Waals surface area contributed by atoms with E-state index in [-0.39, 0.29) is 11.8 Å². The van der Waals surface area contributed by atoms with Crippen molar-refractivity contribution in [2.75, 3.05) is 11.9 Å².